The van der Waals surface area contributed by atoms with E-state index in [0.29, 0.717) is 13.0 Å². The number of nitrogens with zero attached hydrogens (tertiary/aromatic N) is 1. The third-order valence-corrected chi connectivity index (χ3v) is 2.32. The number of nitrogens with one attached hydrogen (secondary N) is 1. The molecule has 0 rings (SSSR count). The smallest absolute Gasteiger partial charge is 0.245 e. The highest BCUT2D eigenvalue weighted by Crippen LogP contribution is 2.04. The van der Waals surface area contributed by atoms with Crippen LogP contribution < -0.4 is 11.1 Å². The Kier molecular flexibility index (Phi) is 7.49. The third kappa shape index (κ3) is 6.36. The zero-order chi connectivity index (χ0) is 12.6. The number of aliphatic hydroxyl groups is 1. The summed E-state index contributed by atoms with van der Waals surface area (Å²) in [5, 5.41) is 11.0. The average molecular weight is 231 g/mol. The van der Waals surface area contributed by atoms with Gasteiger partial charge in [0, 0.05) is 6.54 Å². The Morgan fingerprint density at radius 2 is 2.00 bits per heavy atom. The number of aliphatic hydroxyl groups excluding tert-OH is 1. The highest BCUT2D eigenvalue weighted by atomic mass is 16.3. The number of unbranched alkanes of at least 4 members (excludes halogenated alkanes) is 1. The summed E-state index contributed by atoms with van der Waals surface area (Å²) in [5.74, 6) is -0.705. The number of likely N-dealkylation sites (N-methyl/N-ethyl adjacent to an activating group) is 1. The first-order chi connectivity index (χ1) is 7.49. The van der Waals surface area contributed by atoms with Crippen LogP contribution in [0.25, 0.3) is 0 Å². The maximum absolute atomic E-state index is 11.0. The van der Waals surface area contributed by atoms with Gasteiger partial charge in [-0.3, -0.25) is 14.5 Å². The fraction of sp³-hybridized carbons (Fsp3) is 0.800. The lowest BCUT2D eigenvalue weighted by molar-refractivity contribution is -0.124. The predicted molar refractivity (Wildman–Crippen MR) is 60.6 cm³/mol. The molecular formula is C10H21N3O3. The van der Waals surface area contributed by atoms with Crippen LogP contribution in [-0.4, -0.2) is 55.1 Å². The zero-order valence-electron chi connectivity index (χ0n) is 9.90. The number of primary amides is 1. The molecule has 6 heteroatoms. The van der Waals surface area contributed by atoms with E-state index in [1.54, 1.807) is 4.90 Å². The van der Waals surface area contributed by atoms with Gasteiger partial charge in [-0.05, 0) is 33.4 Å². The Labute approximate surface area is 95.8 Å². The number of carbonyl (C=O) groups excluding carboxylic acids is 2. The van der Waals surface area contributed by atoms with Crippen molar-refractivity contribution in [3.05, 3.63) is 0 Å². The Bertz CT molecular complexity index is 231. The predicted octanol–water partition coefficient (Wildman–Crippen LogP) is -1.32. The van der Waals surface area contributed by atoms with Gasteiger partial charge < -0.3 is 16.2 Å². The molecule has 0 heterocycles. The number of rotatable bonds is 8. The van der Waals surface area contributed by atoms with Crippen molar-refractivity contribution in [3.63, 3.8) is 0 Å². The van der Waals surface area contributed by atoms with Crippen LogP contribution in [0.2, 0.25) is 0 Å². The molecule has 0 saturated heterocycles. The fourth-order valence-corrected chi connectivity index (χ4v) is 1.40. The van der Waals surface area contributed by atoms with Crippen LogP contribution in [0.15, 0.2) is 0 Å². The number of nitrogens with two attached hydrogens (primary N) is 1. The molecule has 2 amide bonds. The van der Waals surface area contributed by atoms with Crippen molar-refractivity contribution in [1.82, 2.24) is 10.2 Å². The molecule has 0 aromatic rings. The van der Waals surface area contributed by atoms with Gasteiger partial charge in [0.15, 0.2) is 0 Å². The summed E-state index contributed by atoms with van der Waals surface area (Å²) in [4.78, 5) is 23.5. The molecule has 0 bridgehead atoms. The highest BCUT2D eigenvalue weighted by Gasteiger charge is 2.16. The molecule has 4 N–H and O–H groups in total. The summed E-state index contributed by atoms with van der Waals surface area (Å²) < 4.78 is 0. The normalized spacial score (nSPS) is 12.5. The van der Waals surface area contributed by atoms with Gasteiger partial charge in [0.05, 0.1) is 6.04 Å². The lowest BCUT2D eigenvalue weighted by atomic mass is 10.1. The van der Waals surface area contributed by atoms with Gasteiger partial charge in [-0.2, -0.15) is 0 Å². The average Bonchev–Trinajstić information content (AvgIpc) is 2.21. The molecule has 0 aromatic carbocycles. The Morgan fingerprint density at radius 1 is 1.38 bits per heavy atom. The lowest BCUT2D eigenvalue weighted by Gasteiger charge is -2.20. The fourth-order valence-electron chi connectivity index (χ4n) is 1.40. The van der Waals surface area contributed by atoms with Crippen molar-refractivity contribution in [3.8, 4) is 0 Å². The van der Waals surface area contributed by atoms with E-state index in [2.05, 4.69) is 5.32 Å². The van der Waals surface area contributed by atoms with E-state index in [4.69, 9.17) is 10.8 Å². The second-order valence-corrected chi connectivity index (χ2v) is 3.89. The molecule has 0 radical (unpaired) electrons. The molecule has 6 nitrogen and oxygen atoms in total. The Hall–Kier alpha value is -1.14. The van der Waals surface area contributed by atoms with E-state index in [1.807, 2.05) is 14.1 Å². The Morgan fingerprint density at radius 3 is 2.44 bits per heavy atom. The van der Waals surface area contributed by atoms with E-state index in [0.717, 1.165) is 12.8 Å². The third-order valence-electron chi connectivity index (χ3n) is 2.32. The molecule has 94 valence electrons. The van der Waals surface area contributed by atoms with Crippen molar-refractivity contribution >= 4 is 11.8 Å². The molecule has 0 saturated carbocycles. The number of amides is 2. The molecule has 16 heavy (non-hydrogen) atoms. The molecule has 0 aliphatic rings. The van der Waals surface area contributed by atoms with Crippen LogP contribution in [-0.2, 0) is 9.59 Å². The summed E-state index contributed by atoms with van der Waals surface area (Å²) in [7, 11) is 3.62. The summed E-state index contributed by atoms with van der Waals surface area (Å²) in [5.41, 5.74) is 5.24. The zero-order valence-corrected chi connectivity index (χ0v) is 9.90. The summed E-state index contributed by atoms with van der Waals surface area (Å²) in [6.45, 7) is 0.0277. The molecule has 0 aromatic heterocycles. The van der Waals surface area contributed by atoms with E-state index >= 15 is 0 Å². The van der Waals surface area contributed by atoms with Crippen LogP contribution in [0, 0.1) is 0 Å². The van der Waals surface area contributed by atoms with Gasteiger partial charge >= 0.3 is 0 Å². The van der Waals surface area contributed by atoms with Gasteiger partial charge in [-0.25, -0.2) is 0 Å². The van der Waals surface area contributed by atoms with Crippen molar-refractivity contribution < 1.29 is 14.7 Å². The topological polar surface area (TPSA) is 95.7 Å². The largest absolute Gasteiger partial charge is 0.387 e. The molecule has 1 unspecified atom stereocenters. The first-order valence-electron chi connectivity index (χ1n) is 5.32. The van der Waals surface area contributed by atoms with Crippen molar-refractivity contribution in [2.45, 2.75) is 25.3 Å². The summed E-state index contributed by atoms with van der Waals surface area (Å²) in [6, 6.07) is -0.256. The van der Waals surface area contributed by atoms with Crippen molar-refractivity contribution in [1.29, 1.82) is 0 Å². The number of carbonyl (C=O) groups is 2. The van der Waals surface area contributed by atoms with E-state index in [-0.39, 0.29) is 17.9 Å². The van der Waals surface area contributed by atoms with Crippen LogP contribution in [0.3, 0.4) is 0 Å². The maximum Gasteiger partial charge on any atom is 0.245 e. The van der Waals surface area contributed by atoms with Crippen LogP contribution >= 0.6 is 0 Å². The van der Waals surface area contributed by atoms with Gasteiger partial charge in [-0.15, -0.1) is 0 Å². The monoisotopic (exact) mass is 231 g/mol. The first-order valence-corrected chi connectivity index (χ1v) is 5.32. The molecule has 0 spiro atoms. The number of hydrogen-bond donors (Lipinski definition) is 3. The van der Waals surface area contributed by atoms with Crippen molar-refractivity contribution in [2.24, 2.45) is 5.73 Å². The SMILES string of the molecule is CN(C)C(CCCCNC(=O)CO)C(N)=O. The molecule has 0 aliphatic carbocycles. The molecule has 0 aliphatic heterocycles. The standard InChI is InChI=1S/C10H21N3O3/c1-13(2)8(10(11)16)5-3-4-6-12-9(15)7-14/h8,14H,3-7H2,1-2H3,(H2,11,16)(H,12,15). The maximum atomic E-state index is 11.0. The van der Waals surface area contributed by atoms with Gasteiger partial charge in [0.1, 0.15) is 6.61 Å². The Balaban J connectivity index is 3.63. The second kappa shape index (κ2) is 8.06. The quantitative estimate of drug-likeness (QED) is 0.451. The molecule has 0 fully saturated rings. The first kappa shape index (κ1) is 14.9. The summed E-state index contributed by atoms with van der Waals surface area (Å²) >= 11 is 0. The second-order valence-electron chi connectivity index (χ2n) is 3.89. The van der Waals surface area contributed by atoms with Crippen molar-refractivity contribution in [2.75, 3.05) is 27.2 Å². The number of hydrogen-bond acceptors (Lipinski definition) is 4. The van der Waals surface area contributed by atoms with Crippen LogP contribution in [0.5, 0.6) is 0 Å². The highest BCUT2D eigenvalue weighted by molar-refractivity contribution is 5.79. The van der Waals surface area contributed by atoms with Crippen LogP contribution in [0.1, 0.15) is 19.3 Å². The minimum absolute atomic E-state index is 0.256. The van der Waals surface area contributed by atoms with Gasteiger partial charge in [0.25, 0.3) is 0 Å². The van der Waals surface area contributed by atoms with Gasteiger partial charge in [0.2, 0.25) is 11.8 Å². The lowest BCUT2D eigenvalue weighted by Crippen LogP contribution is -2.40. The molecule has 1 atom stereocenters. The van der Waals surface area contributed by atoms with E-state index in [1.165, 1.54) is 0 Å². The van der Waals surface area contributed by atoms with E-state index in [9.17, 15) is 9.59 Å². The molecular weight excluding hydrogens is 210 g/mol. The minimum atomic E-state index is -0.485. The summed E-state index contributed by atoms with van der Waals surface area (Å²) in [6.07, 6.45) is 2.25. The van der Waals surface area contributed by atoms with Gasteiger partial charge in [-0.1, -0.05) is 0 Å². The van der Waals surface area contributed by atoms with E-state index < -0.39 is 6.61 Å². The minimum Gasteiger partial charge on any atom is -0.387 e. The van der Waals surface area contributed by atoms with Crippen LogP contribution in [0.4, 0.5) is 0 Å².